The van der Waals surface area contributed by atoms with Crippen LogP contribution in [0.2, 0.25) is 5.04 Å². The number of carbonyl (C=O) groups is 1. The number of hydrogen-bond donors (Lipinski definition) is 1. The summed E-state index contributed by atoms with van der Waals surface area (Å²) >= 11 is 0. The average molecular weight is 753 g/mol. The van der Waals surface area contributed by atoms with E-state index in [1.807, 2.05) is 54.6 Å². The standard InChI is InChI=1S/C45H56O8Si/c1-44(2,3)54(37-18-11-7-12-19-37,38-20-13-8-14-21-38)51-32-41-40-30-36(52-42(47)33-16-9-6-10-17-33)31-45(40,27-28-46)39(43(49-5)53-41)22-15-29-50-35-25-23-34(48-4)24-26-35/h6-14,16-21,23-26,36,39-41,43,46H,15,22,27-32H2,1-5H3/t36-,39+,40-,41-,43+,45+/m1/s1. The van der Waals surface area contributed by atoms with Gasteiger partial charge in [0.25, 0.3) is 8.32 Å². The van der Waals surface area contributed by atoms with Crippen LogP contribution >= 0.6 is 0 Å². The van der Waals surface area contributed by atoms with E-state index in [2.05, 4.69) is 69.3 Å². The number of aliphatic hydroxyl groups is 1. The molecule has 1 aliphatic carbocycles. The summed E-state index contributed by atoms with van der Waals surface area (Å²) < 4.78 is 38.4. The van der Waals surface area contributed by atoms with Gasteiger partial charge in [-0.25, -0.2) is 4.79 Å². The van der Waals surface area contributed by atoms with Crippen LogP contribution in [-0.2, 0) is 18.6 Å². The second kappa shape index (κ2) is 17.6. The summed E-state index contributed by atoms with van der Waals surface area (Å²) in [5, 5.41) is 12.9. The highest BCUT2D eigenvalue weighted by Gasteiger charge is 2.61. The molecule has 54 heavy (non-hydrogen) atoms. The monoisotopic (exact) mass is 752 g/mol. The highest BCUT2D eigenvalue weighted by Crippen LogP contribution is 2.59. The summed E-state index contributed by atoms with van der Waals surface area (Å²) in [7, 11) is 0.439. The molecule has 8 nitrogen and oxygen atoms in total. The van der Waals surface area contributed by atoms with Gasteiger partial charge < -0.3 is 33.2 Å². The Morgan fingerprint density at radius 1 is 0.852 bits per heavy atom. The third kappa shape index (κ3) is 8.31. The van der Waals surface area contributed by atoms with E-state index < -0.39 is 20.0 Å². The lowest BCUT2D eigenvalue weighted by Crippen LogP contribution is -2.67. The zero-order chi connectivity index (χ0) is 38.2. The van der Waals surface area contributed by atoms with E-state index in [4.69, 9.17) is 28.1 Å². The van der Waals surface area contributed by atoms with Gasteiger partial charge in [0.1, 0.15) is 17.6 Å². The van der Waals surface area contributed by atoms with Gasteiger partial charge in [-0.15, -0.1) is 0 Å². The van der Waals surface area contributed by atoms with Gasteiger partial charge >= 0.3 is 5.97 Å². The maximum atomic E-state index is 13.4. The molecule has 1 saturated carbocycles. The van der Waals surface area contributed by atoms with E-state index in [0.29, 0.717) is 38.0 Å². The fourth-order valence-electron chi connectivity index (χ4n) is 9.26. The smallest absolute Gasteiger partial charge is 0.338 e. The first-order chi connectivity index (χ1) is 26.1. The van der Waals surface area contributed by atoms with Crippen molar-refractivity contribution in [2.45, 2.75) is 76.4 Å². The number of methoxy groups -OCH3 is 2. The van der Waals surface area contributed by atoms with Crippen LogP contribution in [0.15, 0.2) is 115 Å². The fraction of sp³-hybridized carbons (Fsp3) is 0.444. The summed E-state index contributed by atoms with van der Waals surface area (Å²) in [4.78, 5) is 13.4. The highest BCUT2D eigenvalue weighted by molar-refractivity contribution is 6.99. The van der Waals surface area contributed by atoms with Crippen LogP contribution in [0.25, 0.3) is 0 Å². The van der Waals surface area contributed by atoms with E-state index in [0.717, 1.165) is 24.3 Å². The lowest BCUT2D eigenvalue weighted by molar-refractivity contribution is -0.275. The van der Waals surface area contributed by atoms with E-state index in [1.165, 1.54) is 10.4 Å². The average Bonchev–Trinajstić information content (AvgIpc) is 3.56. The lowest BCUT2D eigenvalue weighted by atomic mass is 9.61. The molecule has 288 valence electrons. The van der Waals surface area contributed by atoms with Crippen LogP contribution in [0.4, 0.5) is 0 Å². The summed E-state index contributed by atoms with van der Waals surface area (Å²) in [6, 6.07) is 37.9. The van der Waals surface area contributed by atoms with Crippen LogP contribution in [0, 0.1) is 17.3 Å². The summed E-state index contributed by atoms with van der Waals surface area (Å²) in [6.07, 6.45) is 1.94. The first-order valence-corrected chi connectivity index (χ1v) is 21.1. The Balaban J connectivity index is 1.31. The van der Waals surface area contributed by atoms with E-state index in [1.54, 1.807) is 26.4 Å². The molecule has 9 heteroatoms. The Labute approximate surface area is 321 Å². The molecule has 1 saturated heterocycles. The minimum Gasteiger partial charge on any atom is -0.497 e. The molecule has 4 aromatic carbocycles. The molecule has 2 fully saturated rings. The molecule has 0 amide bonds. The third-order valence-corrected chi connectivity index (χ3v) is 16.7. The Bertz CT molecular complexity index is 1710. The van der Waals surface area contributed by atoms with Crippen LogP contribution in [0.3, 0.4) is 0 Å². The first-order valence-electron chi connectivity index (χ1n) is 19.2. The highest BCUT2D eigenvalue weighted by atomic mass is 28.4. The van der Waals surface area contributed by atoms with Crippen LogP contribution in [0.5, 0.6) is 11.5 Å². The quantitative estimate of drug-likeness (QED) is 0.0719. The van der Waals surface area contributed by atoms with Gasteiger partial charge in [0.2, 0.25) is 0 Å². The number of carbonyl (C=O) groups excluding carboxylic acids is 1. The SMILES string of the molecule is COc1ccc(OCCC[C@H]2[C@@H](OC)O[C@H](CO[Si](c3ccccc3)(c3ccccc3)C(C)(C)C)[C@H]3C[C@@H](OC(=O)c4ccccc4)C[C@]32CCO)cc1. The number of hydrogen-bond acceptors (Lipinski definition) is 8. The van der Waals surface area contributed by atoms with Gasteiger partial charge in [0, 0.05) is 19.6 Å². The molecule has 1 aliphatic heterocycles. The number of ether oxygens (including phenoxy) is 5. The predicted octanol–water partition coefficient (Wildman–Crippen LogP) is 7.42. The molecule has 4 aromatic rings. The van der Waals surface area contributed by atoms with E-state index in [-0.39, 0.29) is 41.7 Å². The van der Waals surface area contributed by atoms with Crippen molar-refractivity contribution in [1.29, 1.82) is 0 Å². The van der Waals surface area contributed by atoms with Crippen LogP contribution < -0.4 is 19.8 Å². The fourth-order valence-corrected chi connectivity index (χ4v) is 13.8. The third-order valence-electron chi connectivity index (χ3n) is 11.6. The van der Waals surface area contributed by atoms with Gasteiger partial charge in [-0.05, 0) is 95.2 Å². The molecule has 0 spiro atoms. The molecule has 1 N–H and O–H groups in total. The molecule has 6 atom stereocenters. The predicted molar refractivity (Wildman–Crippen MR) is 213 cm³/mol. The number of benzene rings is 4. The Morgan fingerprint density at radius 3 is 2.00 bits per heavy atom. The van der Waals surface area contributed by atoms with Gasteiger partial charge in [-0.3, -0.25) is 0 Å². The Kier molecular flexibility index (Phi) is 13.0. The Hall–Kier alpha value is -3.99. The van der Waals surface area contributed by atoms with Gasteiger partial charge in [0.15, 0.2) is 6.29 Å². The molecular weight excluding hydrogens is 697 g/mol. The van der Waals surface area contributed by atoms with E-state index >= 15 is 0 Å². The van der Waals surface area contributed by atoms with Gasteiger partial charge in [0.05, 0.1) is 32.0 Å². The summed E-state index contributed by atoms with van der Waals surface area (Å²) in [5.74, 6) is 1.07. The molecule has 2 aliphatic rings. The molecule has 6 rings (SSSR count). The zero-order valence-electron chi connectivity index (χ0n) is 32.3. The number of esters is 1. The van der Waals surface area contributed by atoms with Crippen molar-refractivity contribution < 1.29 is 38.0 Å². The number of rotatable bonds is 16. The van der Waals surface area contributed by atoms with Gasteiger partial charge in [-0.1, -0.05) is 99.6 Å². The number of fused-ring (bicyclic) bond motifs is 1. The summed E-state index contributed by atoms with van der Waals surface area (Å²) in [6.45, 7) is 7.64. The van der Waals surface area contributed by atoms with E-state index in [9.17, 15) is 9.90 Å². The van der Waals surface area contributed by atoms with Gasteiger partial charge in [-0.2, -0.15) is 0 Å². The molecule has 0 unspecified atom stereocenters. The lowest BCUT2D eigenvalue weighted by Gasteiger charge is -2.53. The van der Waals surface area contributed by atoms with Crippen molar-refractivity contribution in [1.82, 2.24) is 0 Å². The number of aliphatic hydroxyl groups excluding tert-OH is 1. The largest absolute Gasteiger partial charge is 0.497 e. The first kappa shape index (κ1) is 39.7. The minimum absolute atomic E-state index is 0.00653. The van der Waals surface area contributed by atoms with Crippen molar-refractivity contribution >= 4 is 24.7 Å². The molecule has 0 bridgehead atoms. The maximum absolute atomic E-state index is 13.4. The maximum Gasteiger partial charge on any atom is 0.338 e. The van der Waals surface area contributed by atoms with Crippen molar-refractivity contribution in [2.75, 3.05) is 34.0 Å². The van der Waals surface area contributed by atoms with Crippen molar-refractivity contribution in [3.05, 3.63) is 121 Å². The second-order valence-corrected chi connectivity index (χ2v) is 20.0. The molecule has 0 radical (unpaired) electrons. The molecule has 1 heterocycles. The normalized spacial score (nSPS) is 24.1. The Morgan fingerprint density at radius 2 is 1.44 bits per heavy atom. The topological polar surface area (TPSA) is 92.7 Å². The zero-order valence-corrected chi connectivity index (χ0v) is 33.3. The van der Waals surface area contributed by atoms with Crippen LogP contribution in [0.1, 0.15) is 63.2 Å². The van der Waals surface area contributed by atoms with Crippen molar-refractivity contribution in [2.24, 2.45) is 17.3 Å². The summed E-state index contributed by atoms with van der Waals surface area (Å²) in [5.41, 5.74) is 0.0860. The van der Waals surface area contributed by atoms with Crippen LogP contribution in [-0.4, -0.2) is 71.9 Å². The molecular formula is C45H56O8Si. The van der Waals surface area contributed by atoms with Crippen molar-refractivity contribution in [3.8, 4) is 11.5 Å². The van der Waals surface area contributed by atoms with Crippen molar-refractivity contribution in [3.63, 3.8) is 0 Å². The molecule has 0 aromatic heterocycles. The second-order valence-electron chi connectivity index (χ2n) is 15.7. The minimum atomic E-state index is -2.90.